The van der Waals surface area contributed by atoms with Crippen LogP contribution in [0.25, 0.3) is 11.4 Å². The van der Waals surface area contributed by atoms with E-state index < -0.39 is 0 Å². The molecule has 3 rings (SSSR count). The maximum absolute atomic E-state index is 5.23. The van der Waals surface area contributed by atoms with Crippen LogP contribution in [-0.4, -0.2) is 9.97 Å². The van der Waals surface area contributed by atoms with Gasteiger partial charge in [-0.15, -0.1) is 0 Å². The molecule has 0 N–H and O–H groups in total. The average Bonchev–Trinajstić information content (AvgIpc) is 2.94. The SMILES string of the molecule is C1=COC(c2ccc(-c3ccccn3)nc2)O1. The summed E-state index contributed by atoms with van der Waals surface area (Å²) in [7, 11) is 0. The van der Waals surface area contributed by atoms with Crippen molar-refractivity contribution in [1.82, 2.24) is 9.97 Å². The normalized spacial score (nSPS) is 14.4. The third-order valence-corrected chi connectivity index (χ3v) is 2.45. The van der Waals surface area contributed by atoms with E-state index in [1.807, 2.05) is 30.3 Å². The molecule has 0 spiro atoms. The van der Waals surface area contributed by atoms with Gasteiger partial charge < -0.3 is 9.47 Å². The van der Waals surface area contributed by atoms with Crippen molar-refractivity contribution in [2.24, 2.45) is 0 Å². The van der Waals surface area contributed by atoms with E-state index in [0.29, 0.717) is 0 Å². The van der Waals surface area contributed by atoms with Crippen LogP contribution in [0.4, 0.5) is 0 Å². The van der Waals surface area contributed by atoms with Gasteiger partial charge in [0.05, 0.1) is 17.0 Å². The Labute approximate surface area is 98.6 Å². The second-order valence-electron chi connectivity index (χ2n) is 3.57. The van der Waals surface area contributed by atoms with Gasteiger partial charge in [-0.25, -0.2) is 0 Å². The largest absolute Gasteiger partial charge is 0.455 e. The molecule has 0 aliphatic carbocycles. The Bertz CT molecular complexity index is 515. The van der Waals surface area contributed by atoms with Gasteiger partial charge in [-0.1, -0.05) is 6.07 Å². The van der Waals surface area contributed by atoms with Crippen molar-refractivity contribution in [3.05, 3.63) is 60.8 Å². The molecule has 0 amide bonds. The molecular weight excluding hydrogens is 216 g/mol. The number of rotatable bonds is 2. The van der Waals surface area contributed by atoms with E-state index in [1.54, 1.807) is 12.4 Å². The summed E-state index contributed by atoms with van der Waals surface area (Å²) in [5.41, 5.74) is 2.57. The van der Waals surface area contributed by atoms with E-state index in [-0.39, 0.29) is 6.29 Å². The Kier molecular flexibility index (Phi) is 2.46. The monoisotopic (exact) mass is 226 g/mol. The Hall–Kier alpha value is -2.36. The summed E-state index contributed by atoms with van der Waals surface area (Å²) in [6, 6.07) is 9.57. The second-order valence-corrected chi connectivity index (χ2v) is 3.57. The van der Waals surface area contributed by atoms with Crippen molar-refractivity contribution >= 4 is 0 Å². The first-order chi connectivity index (χ1) is 8.43. The number of nitrogens with zero attached hydrogens (tertiary/aromatic N) is 2. The molecule has 0 unspecified atom stereocenters. The lowest BCUT2D eigenvalue weighted by atomic mass is 10.2. The van der Waals surface area contributed by atoms with E-state index >= 15 is 0 Å². The zero-order valence-corrected chi connectivity index (χ0v) is 8.98. The first-order valence-corrected chi connectivity index (χ1v) is 5.27. The standard InChI is InChI=1S/C13H10N2O2/c1-2-6-14-11(3-1)12-5-4-10(9-15-12)13-16-7-8-17-13/h1-9,13H. The highest BCUT2D eigenvalue weighted by Crippen LogP contribution is 2.24. The zero-order chi connectivity index (χ0) is 11.5. The molecule has 4 heteroatoms. The first kappa shape index (κ1) is 9.84. The van der Waals surface area contributed by atoms with Crippen molar-refractivity contribution in [2.75, 3.05) is 0 Å². The molecular formula is C13H10N2O2. The molecule has 1 aliphatic heterocycles. The van der Waals surface area contributed by atoms with Crippen molar-refractivity contribution in [1.29, 1.82) is 0 Å². The minimum absolute atomic E-state index is 0.375. The molecule has 0 aromatic carbocycles. The smallest absolute Gasteiger partial charge is 0.267 e. The summed E-state index contributed by atoms with van der Waals surface area (Å²) in [5, 5.41) is 0. The molecule has 2 aromatic heterocycles. The Balaban J connectivity index is 1.85. The summed E-state index contributed by atoms with van der Waals surface area (Å²) in [4.78, 5) is 8.58. The molecule has 0 atom stereocenters. The molecule has 4 nitrogen and oxygen atoms in total. The maximum atomic E-state index is 5.23. The van der Waals surface area contributed by atoms with Crippen LogP contribution < -0.4 is 0 Å². The molecule has 0 radical (unpaired) electrons. The van der Waals surface area contributed by atoms with E-state index in [9.17, 15) is 0 Å². The summed E-state index contributed by atoms with van der Waals surface area (Å²) >= 11 is 0. The Morgan fingerprint density at radius 3 is 2.35 bits per heavy atom. The van der Waals surface area contributed by atoms with Crippen LogP contribution in [0.1, 0.15) is 11.9 Å². The highest BCUT2D eigenvalue weighted by molar-refractivity contribution is 5.53. The minimum Gasteiger partial charge on any atom is -0.455 e. The summed E-state index contributed by atoms with van der Waals surface area (Å²) in [5.74, 6) is 0. The van der Waals surface area contributed by atoms with Gasteiger partial charge in [0.15, 0.2) is 0 Å². The van der Waals surface area contributed by atoms with Gasteiger partial charge in [0.2, 0.25) is 0 Å². The van der Waals surface area contributed by atoms with Crippen LogP contribution in [-0.2, 0) is 9.47 Å². The van der Waals surface area contributed by atoms with Crippen LogP contribution in [0, 0.1) is 0 Å². The fourth-order valence-corrected chi connectivity index (χ4v) is 1.61. The molecule has 0 bridgehead atoms. The highest BCUT2D eigenvalue weighted by atomic mass is 16.7. The van der Waals surface area contributed by atoms with Gasteiger partial charge in [0.1, 0.15) is 12.5 Å². The average molecular weight is 226 g/mol. The van der Waals surface area contributed by atoms with Gasteiger partial charge >= 0.3 is 0 Å². The molecule has 0 saturated carbocycles. The fraction of sp³-hybridized carbons (Fsp3) is 0.0769. The van der Waals surface area contributed by atoms with Gasteiger partial charge in [0, 0.05) is 12.4 Å². The summed E-state index contributed by atoms with van der Waals surface area (Å²) in [6.45, 7) is 0. The van der Waals surface area contributed by atoms with E-state index in [4.69, 9.17) is 9.47 Å². The fourth-order valence-electron chi connectivity index (χ4n) is 1.61. The van der Waals surface area contributed by atoms with E-state index in [1.165, 1.54) is 12.5 Å². The van der Waals surface area contributed by atoms with Crippen LogP contribution in [0.15, 0.2) is 55.2 Å². The number of aromatic nitrogens is 2. The Morgan fingerprint density at radius 2 is 1.71 bits per heavy atom. The predicted molar refractivity (Wildman–Crippen MR) is 61.5 cm³/mol. The molecule has 1 aliphatic rings. The van der Waals surface area contributed by atoms with Crippen molar-refractivity contribution in [3.63, 3.8) is 0 Å². The molecule has 17 heavy (non-hydrogen) atoms. The van der Waals surface area contributed by atoms with Crippen LogP contribution in [0.2, 0.25) is 0 Å². The van der Waals surface area contributed by atoms with Crippen LogP contribution in [0.5, 0.6) is 0 Å². The number of hydrogen-bond donors (Lipinski definition) is 0. The number of ether oxygens (including phenoxy) is 2. The quantitative estimate of drug-likeness (QED) is 0.789. The molecule has 84 valence electrons. The lowest BCUT2D eigenvalue weighted by molar-refractivity contribution is -0.0248. The lowest BCUT2D eigenvalue weighted by Gasteiger charge is -2.10. The second kappa shape index (κ2) is 4.25. The van der Waals surface area contributed by atoms with Crippen molar-refractivity contribution in [3.8, 4) is 11.4 Å². The van der Waals surface area contributed by atoms with Crippen molar-refractivity contribution < 1.29 is 9.47 Å². The topological polar surface area (TPSA) is 44.2 Å². The molecule has 2 aromatic rings. The van der Waals surface area contributed by atoms with Gasteiger partial charge in [-0.2, -0.15) is 0 Å². The van der Waals surface area contributed by atoms with E-state index in [0.717, 1.165) is 17.0 Å². The molecule has 3 heterocycles. The third-order valence-electron chi connectivity index (χ3n) is 2.45. The number of pyridine rings is 2. The predicted octanol–water partition coefficient (Wildman–Crippen LogP) is 2.66. The third kappa shape index (κ3) is 1.97. The number of hydrogen-bond acceptors (Lipinski definition) is 4. The van der Waals surface area contributed by atoms with Gasteiger partial charge in [-0.05, 0) is 24.3 Å². The maximum Gasteiger partial charge on any atom is 0.267 e. The zero-order valence-electron chi connectivity index (χ0n) is 8.98. The first-order valence-electron chi connectivity index (χ1n) is 5.27. The molecule has 0 saturated heterocycles. The summed E-state index contributed by atoms with van der Waals surface area (Å²) in [6.07, 6.45) is 6.16. The summed E-state index contributed by atoms with van der Waals surface area (Å²) < 4.78 is 10.5. The lowest BCUT2D eigenvalue weighted by Crippen LogP contribution is -1.98. The highest BCUT2D eigenvalue weighted by Gasteiger charge is 2.15. The van der Waals surface area contributed by atoms with E-state index in [2.05, 4.69) is 9.97 Å². The van der Waals surface area contributed by atoms with Crippen LogP contribution in [0.3, 0.4) is 0 Å². The van der Waals surface area contributed by atoms with Crippen molar-refractivity contribution in [2.45, 2.75) is 6.29 Å². The van der Waals surface area contributed by atoms with Crippen LogP contribution >= 0.6 is 0 Å². The Morgan fingerprint density at radius 1 is 0.882 bits per heavy atom. The minimum atomic E-state index is -0.375. The van der Waals surface area contributed by atoms with Gasteiger partial charge in [0.25, 0.3) is 6.29 Å². The van der Waals surface area contributed by atoms with Gasteiger partial charge in [-0.3, -0.25) is 9.97 Å². The molecule has 0 fully saturated rings.